The van der Waals surface area contributed by atoms with Crippen molar-refractivity contribution in [3.63, 3.8) is 0 Å². The van der Waals surface area contributed by atoms with E-state index in [1.807, 2.05) is 23.5 Å². The zero-order valence-corrected chi connectivity index (χ0v) is 9.66. The number of esters is 1. The van der Waals surface area contributed by atoms with Crippen molar-refractivity contribution in [3.05, 3.63) is 0 Å². The molecule has 1 spiro atoms. The van der Waals surface area contributed by atoms with E-state index in [0.717, 1.165) is 6.42 Å². The van der Waals surface area contributed by atoms with Crippen LogP contribution in [0.3, 0.4) is 0 Å². The van der Waals surface area contributed by atoms with Gasteiger partial charge in [0.25, 0.3) is 0 Å². The zero-order chi connectivity index (χ0) is 9.60. The van der Waals surface area contributed by atoms with E-state index in [4.69, 9.17) is 4.74 Å². The standard InChI is InChI=1S/C10H14O2S2/c11-9-6-10(13-4-5-14-10)7-2-1-3-8(7)12-9/h7-8H,1-6H2/t7-,8-/m0/s1. The Bertz CT molecular complexity index is 261. The van der Waals surface area contributed by atoms with Gasteiger partial charge in [-0.2, -0.15) is 0 Å². The number of ether oxygens (including phenoxy) is 1. The summed E-state index contributed by atoms with van der Waals surface area (Å²) < 4.78 is 5.64. The molecule has 3 aliphatic rings. The highest BCUT2D eigenvalue weighted by atomic mass is 32.2. The zero-order valence-electron chi connectivity index (χ0n) is 8.03. The molecule has 2 nitrogen and oxygen atoms in total. The Balaban J connectivity index is 1.90. The molecule has 1 aliphatic carbocycles. The number of hydrogen-bond acceptors (Lipinski definition) is 4. The van der Waals surface area contributed by atoms with Crippen molar-refractivity contribution in [2.24, 2.45) is 5.92 Å². The van der Waals surface area contributed by atoms with Crippen LogP contribution in [0.25, 0.3) is 0 Å². The van der Waals surface area contributed by atoms with Gasteiger partial charge in [0.15, 0.2) is 0 Å². The first-order valence-electron chi connectivity index (χ1n) is 5.28. The second-order valence-corrected chi connectivity index (χ2v) is 7.36. The summed E-state index contributed by atoms with van der Waals surface area (Å²) in [6.45, 7) is 0. The lowest BCUT2D eigenvalue weighted by molar-refractivity contribution is -0.156. The molecular formula is C10H14O2S2. The largest absolute Gasteiger partial charge is 0.462 e. The molecule has 0 aromatic heterocycles. The lowest BCUT2D eigenvalue weighted by Crippen LogP contribution is -2.44. The van der Waals surface area contributed by atoms with Crippen molar-refractivity contribution in [3.8, 4) is 0 Å². The first kappa shape index (κ1) is 9.40. The maximum atomic E-state index is 11.5. The molecule has 78 valence electrons. The lowest BCUT2D eigenvalue weighted by Gasteiger charge is -2.40. The Morgan fingerprint density at radius 3 is 2.86 bits per heavy atom. The average molecular weight is 230 g/mol. The average Bonchev–Trinajstić information content (AvgIpc) is 2.73. The maximum absolute atomic E-state index is 11.5. The van der Waals surface area contributed by atoms with E-state index in [1.54, 1.807) is 0 Å². The van der Waals surface area contributed by atoms with Gasteiger partial charge in [-0.25, -0.2) is 0 Å². The molecule has 0 amide bonds. The second-order valence-electron chi connectivity index (χ2n) is 4.25. The third-order valence-corrected chi connectivity index (χ3v) is 7.12. The van der Waals surface area contributed by atoms with Gasteiger partial charge in [0, 0.05) is 17.4 Å². The Kier molecular flexibility index (Phi) is 2.24. The van der Waals surface area contributed by atoms with Gasteiger partial charge in [0.2, 0.25) is 0 Å². The van der Waals surface area contributed by atoms with Crippen LogP contribution in [0.2, 0.25) is 0 Å². The number of fused-ring (bicyclic) bond motifs is 2. The van der Waals surface area contributed by atoms with E-state index in [-0.39, 0.29) is 16.2 Å². The summed E-state index contributed by atoms with van der Waals surface area (Å²) in [6, 6.07) is 0. The third kappa shape index (κ3) is 1.30. The molecule has 0 unspecified atom stereocenters. The second kappa shape index (κ2) is 3.34. The van der Waals surface area contributed by atoms with Gasteiger partial charge in [0.1, 0.15) is 6.10 Å². The SMILES string of the molecule is O=C1CC2(SCCS2)[C@H]2CCC[C@@H]2O1. The van der Waals surface area contributed by atoms with E-state index in [9.17, 15) is 4.79 Å². The fraction of sp³-hybridized carbons (Fsp3) is 0.900. The first-order valence-corrected chi connectivity index (χ1v) is 7.25. The van der Waals surface area contributed by atoms with Gasteiger partial charge in [-0.1, -0.05) is 0 Å². The Labute approximate surface area is 92.5 Å². The van der Waals surface area contributed by atoms with E-state index in [1.165, 1.54) is 24.3 Å². The molecule has 1 saturated carbocycles. The predicted octanol–water partition coefficient (Wildman–Crippen LogP) is 2.28. The fourth-order valence-electron chi connectivity index (χ4n) is 2.90. The third-order valence-electron chi connectivity index (χ3n) is 3.47. The molecular weight excluding hydrogens is 216 g/mol. The summed E-state index contributed by atoms with van der Waals surface area (Å²) in [4.78, 5) is 11.5. The molecule has 0 aromatic rings. The minimum Gasteiger partial charge on any atom is -0.462 e. The molecule has 2 atom stereocenters. The van der Waals surface area contributed by atoms with E-state index in [0.29, 0.717) is 12.3 Å². The smallest absolute Gasteiger partial charge is 0.308 e. The number of carbonyl (C=O) groups is 1. The summed E-state index contributed by atoms with van der Waals surface area (Å²) in [6.07, 6.45) is 4.49. The van der Waals surface area contributed by atoms with Crippen molar-refractivity contribution in [1.29, 1.82) is 0 Å². The summed E-state index contributed by atoms with van der Waals surface area (Å²) in [5.74, 6) is 3.09. The Morgan fingerprint density at radius 2 is 2.07 bits per heavy atom. The first-order chi connectivity index (χ1) is 6.80. The highest BCUT2D eigenvalue weighted by Gasteiger charge is 2.54. The molecule has 0 aromatic carbocycles. The van der Waals surface area contributed by atoms with Gasteiger partial charge >= 0.3 is 5.97 Å². The van der Waals surface area contributed by atoms with Crippen LogP contribution >= 0.6 is 23.5 Å². The summed E-state index contributed by atoms with van der Waals surface area (Å²) in [5, 5.41) is 0. The van der Waals surface area contributed by atoms with E-state index in [2.05, 4.69) is 0 Å². The summed E-state index contributed by atoms with van der Waals surface area (Å²) in [5.41, 5.74) is 0. The molecule has 3 fully saturated rings. The van der Waals surface area contributed by atoms with Crippen molar-refractivity contribution in [2.45, 2.75) is 35.9 Å². The molecule has 0 bridgehead atoms. The molecule has 3 rings (SSSR count). The van der Waals surface area contributed by atoms with Gasteiger partial charge in [0.05, 0.1) is 10.5 Å². The maximum Gasteiger partial charge on any atom is 0.308 e. The molecule has 2 heterocycles. The molecule has 2 aliphatic heterocycles. The quantitative estimate of drug-likeness (QED) is 0.596. The van der Waals surface area contributed by atoms with Crippen molar-refractivity contribution in [1.82, 2.24) is 0 Å². The highest BCUT2D eigenvalue weighted by Crippen LogP contribution is 2.58. The summed E-state index contributed by atoms with van der Waals surface area (Å²) in [7, 11) is 0. The Hall–Kier alpha value is 0.170. The van der Waals surface area contributed by atoms with Crippen LogP contribution < -0.4 is 0 Å². The van der Waals surface area contributed by atoms with Crippen molar-refractivity contribution < 1.29 is 9.53 Å². The molecule has 2 saturated heterocycles. The monoisotopic (exact) mass is 230 g/mol. The topological polar surface area (TPSA) is 26.3 Å². The van der Waals surface area contributed by atoms with Crippen LogP contribution in [0.5, 0.6) is 0 Å². The molecule has 0 radical (unpaired) electrons. The van der Waals surface area contributed by atoms with Crippen LogP contribution in [0.4, 0.5) is 0 Å². The van der Waals surface area contributed by atoms with E-state index >= 15 is 0 Å². The molecule has 0 N–H and O–H groups in total. The number of hydrogen-bond donors (Lipinski definition) is 0. The van der Waals surface area contributed by atoms with Crippen molar-refractivity contribution in [2.75, 3.05) is 11.5 Å². The Morgan fingerprint density at radius 1 is 1.29 bits per heavy atom. The minimum absolute atomic E-state index is 0.0371. The van der Waals surface area contributed by atoms with Crippen LogP contribution in [-0.4, -0.2) is 27.7 Å². The number of carbonyl (C=O) groups excluding carboxylic acids is 1. The number of thioether (sulfide) groups is 2. The normalized spacial score (nSPS) is 39.9. The van der Waals surface area contributed by atoms with Gasteiger partial charge in [-0.15, -0.1) is 23.5 Å². The van der Waals surface area contributed by atoms with Gasteiger partial charge in [-0.3, -0.25) is 4.79 Å². The molecule has 14 heavy (non-hydrogen) atoms. The fourth-order valence-corrected chi connectivity index (χ4v) is 6.50. The summed E-state index contributed by atoms with van der Waals surface area (Å²) >= 11 is 4.02. The lowest BCUT2D eigenvalue weighted by atomic mass is 9.95. The molecule has 4 heteroatoms. The van der Waals surface area contributed by atoms with Gasteiger partial charge < -0.3 is 4.74 Å². The number of rotatable bonds is 0. The van der Waals surface area contributed by atoms with Gasteiger partial charge in [-0.05, 0) is 19.3 Å². The van der Waals surface area contributed by atoms with Crippen LogP contribution in [0, 0.1) is 5.92 Å². The predicted molar refractivity (Wildman–Crippen MR) is 59.5 cm³/mol. The highest BCUT2D eigenvalue weighted by molar-refractivity contribution is 8.21. The minimum atomic E-state index is 0.0371. The van der Waals surface area contributed by atoms with Crippen LogP contribution in [-0.2, 0) is 9.53 Å². The van der Waals surface area contributed by atoms with Crippen molar-refractivity contribution >= 4 is 29.5 Å². The van der Waals surface area contributed by atoms with Crippen LogP contribution in [0.15, 0.2) is 0 Å². The van der Waals surface area contributed by atoms with E-state index < -0.39 is 0 Å². The van der Waals surface area contributed by atoms with Crippen LogP contribution in [0.1, 0.15) is 25.7 Å².